The van der Waals surface area contributed by atoms with Crippen LogP contribution < -0.4 is 0 Å². The van der Waals surface area contributed by atoms with Gasteiger partial charge in [-0.25, -0.2) is 4.79 Å². The summed E-state index contributed by atoms with van der Waals surface area (Å²) in [6.45, 7) is 0.974. The third-order valence-electron chi connectivity index (χ3n) is 3.46. The van der Waals surface area contributed by atoms with E-state index in [9.17, 15) is 14.7 Å². The highest BCUT2D eigenvalue weighted by molar-refractivity contribution is 5.86. The number of carboxylic acid groups (broad SMARTS) is 1. The fourth-order valence-corrected chi connectivity index (χ4v) is 2.24. The van der Waals surface area contributed by atoms with Crippen molar-refractivity contribution in [2.45, 2.75) is 18.6 Å². The number of aliphatic carboxylic acids is 1. The Labute approximate surface area is 123 Å². The van der Waals surface area contributed by atoms with Crippen LogP contribution in [0.3, 0.4) is 0 Å². The highest BCUT2D eigenvalue weighted by Gasteiger charge is 2.32. The zero-order valence-corrected chi connectivity index (χ0v) is 11.9. The van der Waals surface area contributed by atoms with Crippen molar-refractivity contribution in [1.82, 2.24) is 4.90 Å². The quantitative estimate of drug-likeness (QED) is 0.858. The smallest absolute Gasteiger partial charge is 0.326 e. The molecule has 1 heterocycles. The molecule has 1 aliphatic rings. The topological polar surface area (TPSA) is 76.1 Å². The van der Waals surface area contributed by atoms with Crippen molar-refractivity contribution in [2.24, 2.45) is 0 Å². The lowest BCUT2D eigenvalue weighted by Crippen LogP contribution is -2.50. The van der Waals surface area contributed by atoms with E-state index in [2.05, 4.69) is 0 Å². The van der Waals surface area contributed by atoms with Crippen LogP contribution in [0.4, 0.5) is 0 Å². The van der Waals surface area contributed by atoms with E-state index in [0.29, 0.717) is 13.2 Å². The Morgan fingerprint density at radius 1 is 1.33 bits per heavy atom. The summed E-state index contributed by atoms with van der Waals surface area (Å²) in [6.07, 6.45) is -0.465. The molecule has 0 spiro atoms. The lowest BCUT2D eigenvalue weighted by atomic mass is 10.0. The molecule has 0 bridgehead atoms. The lowest BCUT2D eigenvalue weighted by Gasteiger charge is -2.30. The maximum atomic E-state index is 12.3. The van der Waals surface area contributed by atoms with Gasteiger partial charge in [-0.15, -0.1) is 0 Å². The van der Waals surface area contributed by atoms with Crippen LogP contribution in [-0.4, -0.2) is 60.9 Å². The molecule has 0 aliphatic carbocycles. The SMILES string of the molecule is CN(C(=O)C1COCCO1)C(Cc1ccccc1)C(=O)O. The van der Waals surface area contributed by atoms with Crippen molar-refractivity contribution in [2.75, 3.05) is 26.9 Å². The maximum absolute atomic E-state index is 12.3. The molecule has 1 saturated heterocycles. The molecule has 1 aromatic carbocycles. The summed E-state index contributed by atoms with van der Waals surface area (Å²) in [7, 11) is 1.49. The monoisotopic (exact) mass is 293 g/mol. The number of hydrogen-bond acceptors (Lipinski definition) is 4. The fourth-order valence-electron chi connectivity index (χ4n) is 2.24. The number of ether oxygens (including phenoxy) is 2. The van der Waals surface area contributed by atoms with E-state index in [0.717, 1.165) is 5.56 Å². The Balaban J connectivity index is 2.06. The van der Waals surface area contributed by atoms with Gasteiger partial charge in [-0.05, 0) is 5.56 Å². The van der Waals surface area contributed by atoms with E-state index >= 15 is 0 Å². The summed E-state index contributed by atoms with van der Waals surface area (Å²) in [5, 5.41) is 9.39. The normalized spacial score (nSPS) is 19.8. The van der Waals surface area contributed by atoms with Gasteiger partial charge in [-0.3, -0.25) is 4.79 Å². The highest BCUT2D eigenvalue weighted by Crippen LogP contribution is 2.12. The second-order valence-electron chi connectivity index (χ2n) is 4.93. The van der Waals surface area contributed by atoms with Gasteiger partial charge < -0.3 is 19.5 Å². The van der Waals surface area contributed by atoms with E-state index in [-0.39, 0.29) is 18.9 Å². The molecule has 21 heavy (non-hydrogen) atoms. The predicted molar refractivity (Wildman–Crippen MR) is 74.9 cm³/mol. The molecule has 0 radical (unpaired) electrons. The predicted octanol–water partition coefficient (Wildman–Crippen LogP) is 0.556. The first kappa shape index (κ1) is 15.5. The Morgan fingerprint density at radius 3 is 2.62 bits per heavy atom. The van der Waals surface area contributed by atoms with E-state index in [1.807, 2.05) is 30.3 Å². The molecule has 1 aromatic rings. The summed E-state index contributed by atoms with van der Waals surface area (Å²) in [4.78, 5) is 25.0. The number of amides is 1. The molecule has 1 amide bonds. The standard InChI is InChI=1S/C15H19NO5/c1-16(14(17)13-10-20-7-8-21-13)12(15(18)19)9-11-5-3-2-4-6-11/h2-6,12-13H,7-10H2,1H3,(H,18,19). The molecular formula is C15H19NO5. The van der Waals surface area contributed by atoms with Crippen LogP contribution in [0, 0.1) is 0 Å². The molecule has 2 unspecified atom stereocenters. The highest BCUT2D eigenvalue weighted by atomic mass is 16.6. The molecule has 1 fully saturated rings. The first-order valence-corrected chi connectivity index (χ1v) is 6.82. The number of carbonyl (C=O) groups is 2. The summed E-state index contributed by atoms with van der Waals surface area (Å²) in [5.41, 5.74) is 0.866. The van der Waals surface area contributed by atoms with E-state index in [1.54, 1.807) is 0 Å². The first-order valence-electron chi connectivity index (χ1n) is 6.82. The summed E-state index contributed by atoms with van der Waals surface area (Å²) < 4.78 is 10.5. The molecule has 114 valence electrons. The van der Waals surface area contributed by atoms with Crippen molar-refractivity contribution < 1.29 is 24.2 Å². The maximum Gasteiger partial charge on any atom is 0.326 e. The summed E-state index contributed by atoms with van der Waals surface area (Å²) >= 11 is 0. The molecule has 6 nitrogen and oxygen atoms in total. The van der Waals surface area contributed by atoms with Crippen molar-refractivity contribution in [1.29, 1.82) is 0 Å². The molecular weight excluding hydrogens is 274 g/mol. The molecule has 0 saturated carbocycles. The van der Waals surface area contributed by atoms with Crippen LogP contribution in [0.15, 0.2) is 30.3 Å². The Morgan fingerprint density at radius 2 is 2.05 bits per heavy atom. The third-order valence-corrected chi connectivity index (χ3v) is 3.46. The largest absolute Gasteiger partial charge is 0.480 e. The van der Waals surface area contributed by atoms with Crippen LogP contribution in [-0.2, 0) is 25.5 Å². The number of benzene rings is 1. The molecule has 6 heteroatoms. The van der Waals surface area contributed by atoms with E-state index in [1.165, 1.54) is 11.9 Å². The van der Waals surface area contributed by atoms with E-state index < -0.39 is 18.1 Å². The van der Waals surface area contributed by atoms with Gasteiger partial charge in [-0.2, -0.15) is 0 Å². The van der Waals surface area contributed by atoms with Gasteiger partial charge in [0.05, 0.1) is 19.8 Å². The Kier molecular flexibility index (Phi) is 5.30. The summed E-state index contributed by atoms with van der Waals surface area (Å²) in [5.74, 6) is -1.40. The van der Waals surface area contributed by atoms with Gasteiger partial charge in [0.25, 0.3) is 5.91 Å². The molecule has 0 aromatic heterocycles. The minimum absolute atomic E-state index is 0.168. The molecule has 1 N–H and O–H groups in total. The zero-order chi connectivity index (χ0) is 15.2. The van der Waals surface area contributed by atoms with Crippen LogP contribution in [0.25, 0.3) is 0 Å². The number of hydrogen-bond donors (Lipinski definition) is 1. The number of nitrogens with zero attached hydrogens (tertiary/aromatic N) is 1. The second kappa shape index (κ2) is 7.19. The van der Waals surface area contributed by atoms with Gasteiger partial charge >= 0.3 is 5.97 Å². The average molecular weight is 293 g/mol. The average Bonchev–Trinajstić information content (AvgIpc) is 2.53. The second-order valence-corrected chi connectivity index (χ2v) is 4.93. The number of carboxylic acids is 1. The lowest BCUT2D eigenvalue weighted by molar-refractivity contribution is -0.163. The Hall–Kier alpha value is -1.92. The van der Waals surface area contributed by atoms with Crippen molar-refractivity contribution in [3.05, 3.63) is 35.9 Å². The van der Waals surface area contributed by atoms with Crippen LogP contribution in [0.5, 0.6) is 0 Å². The van der Waals surface area contributed by atoms with Crippen molar-refractivity contribution in [3.8, 4) is 0 Å². The molecule has 2 atom stereocenters. The molecule has 1 aliphatic heterocycles. The van der Waals surface area contributed by atoms with Gasteiger partial charge in [0.15, 0.2) is 6.10 Å². The van der Waals surface area contributed by atoms with Gasteiger partial charge in [-0.1, -0.05) is 30.3 Å². The minimum atomic E-state index is -1.04. The number of carbonyl (C=O) groups excluding carboxylic acids is 1. The van der Waals surface area contributed by atoms with Crippen LogP contribution >= 0.6 is 0 Å². The van der Waals surface area contributed by atoms with Gasteiger partial charge in [0.2, 0.25) is 0 Å². The minimum Gasteiger partial charge on any atom is -0.480 e. The first-order chi connectivity index (χ1) is 10.1. The van der Waals surface area contributed by atoms with Crippen LogP contribution in [0.1, 0.15) is 5.56 Å². The number of rotatable bonds is 5. The zero-order valence-electron chi connectivity index (χ0n) is 11.9. The third kappa shape index (κ3) is 4.03. The fraction of sp³-hybridized carbons (Fsp3) is 0.467. The molecule has 2 rings (SSSR count). The van der Waals surface area contributed by atoms with Crippen molar-refractivity contribution >= 4 is 11.9 Å². The summed E-state index contributed by atoms with van der Waals surface area (Å²) in [6, 6.07) is 8.30. The van der Waals surface area contributed by atoms with E-state index in [4.69, 9.17) is 9.47 Å². The van der Waals surface area contributed by atoms with Crippen molar-refractivity contribution in [3.63, 3.8) is 0 Å². The van der Waals surface area contributed by atoms with Gasteiger partial charge in [0.1, 0.15) is 6.04 Å². The van der Waals surface area contributed by atoms with Crippen LogP contribution in [0.2, 0.25) is 0 Å². The number of likely N-dealkylation sites (N-methyl/N-ethyl adjacent to an activating group) is 1. The Bertz CT molecular complexity index is 484. The van der Waals surface area contributed by atoms with Gasteiger partial charge in [0, 0.05) is 13.5 Å².